The molecule has 1 atom stereocenters. The largest absolute Gasteiger partial charge is 0.444 e. The van der Waals surface area contributed by atoms with Gasteiger partial charge >= 0.3 is 6.09 Å². The van der Waals surface area contributed by atoms with Crippen LogP contribution in [0.25, 0.3) is 0 Å². The molecule has 1 aliphatic rings. The van der Waals surface area contributed by atoms with Crippen molar-refractivity contribution in [1.82, 2.24) is 4.90 Å². The summed E-state index contributed by atoms with van der Waals surface area (Å²) in [6.07, 6.45) is -0.568. The number of aliphatic hydroxyl groups is 1. The predicted molar refractivity (Wildman–Crippen MR) is 67.2 cm³/mol. The van der Waals surface area contributed by atoms with E-state index < -0.39 is 17.7 Å². The molecule has 18 heavy (non-hydrogen) atoms. The van der Waals surface area contributed by atoms with Gasteiger partial charge in [0.1, 0.15) is 5.60 Å². The Morgan fingerprint density at radius 3 is 2.44 bits per heavy atom. The van der Waals surface area contributed by atoms with Crippen molar-refractivity contribution in [1.29, 1.82) is 0 Å². The molecule has 0 fully saturated rings. The lowest BCUT2D eigenvalue weighted by Crippen LogP contribution is -2.51. The number of nitrogens with zero attached hydrogens (tertiary/aromatic N) is 1. The van der Waals surface area contributed by atoms with Crippen molar-refractivity contribution >= 4 is 11.9 Å². The number of ketones is 1. The summed E-state index contributed by atoms with van der Waals surface area (Å²) in [7, 11) is 0. The highest BCUT2D eigenvalue weighted by Crippen LogP contribution is 2.23. The van der Waals surface area contributed by atoms with Crippen LogP contribution in [0.3, 0.4) is 0 Å². The van der Waals surface area contributed by atoms with Crippen LogP contribution in [-0.2, 0) is 9.53 Å². The zero-order chi connectivity index (χ0) is 14.1. The van der Waals surface area contributed by atoms with E-state index in [1.807, 2.05) is 0 Å². The van der Waals surface area contributed by atoms with E-state index in [1.54, 1.807) is 34.6 Å². The highest BCUT2D eigenvalue weighted by Gasteiger charge is 2.35. The maximum atomic E-state index is 12.0. The first-order valence-corrected chi connectivity index (χ1v) is 5.98. The van der Waals surface area contributed by atoms with E-state index >= 15 is 0 Å². The summed E-state index contributed by atoms with van der Waals surface area (Å²) >= 11 is 0. The van der Waals surface area contributed by atoms with Gasteiger partial charge in [-0.2, -0.15) is 0 Å². The minimum Gasteiger partial charge on any atom is -0.444 e. The summed E-state index contributed by atoms with van der Waals surface area (Å²) in [5, 5.41) is 9.39. The maximum absolute atomic E-state index is 12.0. The molecular weight excluding hydrogens is 234 g/mol. The van der Waals surface area contributed by atoms with Gasteiger partial charge in [0.25, 0.3) is 0 Å². The number of carbonyl (C=O) groups is 2. The number of Topliss-reactive ketones (excluding diaryl/α,β-unsaturated/α-hetero) is 1. The van der Waals surface area contributed by atoms with Crippen molar-refractivity contribution < 1.29 is 19.4 Å². The van der Waals surface area contributed by atoms with Crippen LogP contribution in [0, 0.1) is 0 Å². The number of hydrogen-bond acceptors (Lipinski definition) is 4. The standard InChI is InChI=1S/C13H21NO4/c1-8-9(2)11(16)6-14(10(8)7-15)12(17)18-13(3,4)5/h10,15H,6-7H2,1-5H3/t10-/m1/s1. The van der Waals surface area contributed by atoms with Crippen LogP contribution in [0.1, 0.15) is 34.6 Å². The second-order valence-corrected chi connectivity index (χ2v) is 5.54. The fourth-order valence-electron chi connectivity index (χ4n) is 1.83. The predicted octanol–water partition coefficient (Wildman–Crippen LogP) is 1.50. The van der Waals surface area contributed by atoms with Gasteiger partial charge in [-0.25, -0.2) is 4.79 Å². The Morgan fingerprint density at radius 2 is 2.00 bits per heavy atom. The summed E-state index contributed by atoms with van der Waals surface area (Å²) in [5.41, 5.74) is 0.720. The summed E-state index contributed by atoms with van der Waals surface area (Å²) in [6, 6.07) is -0.474. The number of aliphatic hydroxyl groups excluding tert-OH is 1. The van der Waals surface area contributed by atoms with Crippen LogP contribution in [0.2, 0.25) is 0 Å². The van der Waals surface area contributed by atoms with Gasteiger partial charge in [-0.15, -0.1) is 0 Å². The molecule has 0 unspecified atom stereocenters. The van der Waals surface area contributed by atoms with Gasteiger partial charge in [-0.3, -0.25) is 9.69 Å². The fourth-order valence-corrected chi connectivity index (χ4v) is 1.83. The second-order valence-electron chi connectivity index (χ2n) is 5.54. The Morgan fingerprint density at radius 1 is 1.44 bits per heavy atom. The Balaban J connectivity index is 2.96. The molecule has 0 aromatic rings. The van der Waals surface area contributed by atoms with Crippen LogP contribution in [0.15, 0.2) is 11.1 Å². The van der Waals surface area contributed by atoms with Gasteiger partial charge < -0.3 is 9.84 Å². The molecule has 0 saturated carbocycles. The molecule has 0 aromatic heterocycles. The lowest BCUT2D eigenvalue weighted by Gasteiger charge is -2.36. The first kappa shape index (κ1) is 14.7. The molecule has 0 radical (unpaired) electrons. The van der Waals surface area contributed by atoms with E-state index in [9.17, 15) is 14.7 Å². The van der Waals surface area contributed by atoms with Crippen LogP contribution >= 0.6 is 0 Å². The smallest absolute Gasteiger partial charge is 0.411 e. The maximum Gasteiger partial charge on any atom is 0.411 e. The molecule has 1 N–H and O–H groups in total. The van der Waals surface area contributed by atoms with E-state index in [4.69, 9.17) is 4.74 Å². The lowest BCUT2D eigenvalue weighted by molar-refractivity contribution is -0.118. The normalized spacial score (nSPS) is 21.3. The van der Waals surface area contributed by atoms with Gasteiger partial charge in [0.05, 0.1) is 19.2 Å². The zero-order valence-electron chi connectivity index (χ0n) is 11.6. The lowest BCUT2D eigenvalue weighted by atomic mass is 9.95. The molecule has 0 saturated heterocycles. The molecule has 1 heterocycles. The quantitative estimate of drug-likeness (QED) is 0.771. The van der Waals surface area contributed by atoms with Gasteiger partial charge in [-0.1, -0.05) is 0 Å². The fraction of sp³-hybridized carbons (Fsp3) is 0.692. The third-order valence-corrected chi connectivity index (χ3v) is 3.00. The van der Waals surface area contributed by atoms with Gasteiger partial charge in [0.2, 0.25) is 0 Å². The first-order valence-electron chi connectivity index (χ1n) is 5.98. The van der Waals surface area contributed by atoms with Crippen molar-refractivity contribution in [3.8, 4) is 0 Å². The van der Waals surface area contributed by atoms with Crippen LogP contribution in [-0.4, -0.2) is 46.7 Å². The Bertz CT molecular complexity index is 392. The van der Waals surface area contributed by atoms with Gasteiger partial charge in [0.15, 0.2) is 5.78 Å². The van der Waals surface area contributed by atoms with E-state index in [-0.39, 0.29) is 18.9 Å². The highest BCUT2D eigenvalue weighted by molar-refractivity contribution is 6.00. The number of rotatable bonds is 1. The number of carbonyl (C=O) groups excluding carboxylic acids is 2. The Labute approximate surface area is 107 Å². The Hall–Kier alpha value is -1.36. The van der Waals surface area contributed by atoms with Crippen molar-refractivity contribution in [2.45, 2.75) is 46.3 Å². The molecule has 0 spiro atoms. The third kappa shape index (κ3) is 3.10. The van der Waals surface area contributed by atoms with E-state index in [0.717, 1.165) is 5.57 Å². The van der Waals surface area contributed by atoms with Gasteiger partial charge in [0, 0.05) is 0 Å². The molecule has 102 valence electrons. The average Bonchev–Trinajstić information content (AvgIpc) is 2.23. The number of amides is 1. The summed E-state index contributed by atoms with van der Waals surface area (Å²) in [4.78, 5) is 25.0. The van der Waals surface area contributed by atoms with Gasteiger partial charge in [-0.05, 0) is 45.8 Å². The summed E-state index contributed by atoms with van der Waals surface area (Å²) in [6.45, 7) is 8.51. The van der Waals surface area contributed by atoms with Crippen molar-refractivity contribution in [2.24, 2.45) is 0 Å². The summed E-state index contributed by atoms with van der Waals surface area (Å²) in [5.74, 6) is -0.108. The van der Waals surface area contributed by atoms with Crippen molar-refractivity contribution in [3.05, 3.63) is 11.1 Å². The minimum absolute atomic E-state index is 0.0384. The number of ether oxygens (including phenoxy) is 1. The zero-order valence-corrected chi connectivity index (χ0v) is 11.6. The first-order chi connectivity index (χ1) is 8.17. The molecular formula is C13H21NO4. The van der Waals surface area contributed by atoms with Crippen LogP contribution < -0.4 is 0 Å². The van der Waals surface area contributed by atoms with E-state index in [0.29, 0.717) is 5.57 Å². The van der Waals surface area contributed by atoms with E-state index in [2.05, 4.69) is 0 Å². The molecule has 5 heteroatoms. The number of hydrogen-bond donors (Lipinski definition) is 1. The monoisotopic (exact) mass is 255 g/mol. The molecule has 1 amide bonds. The molecule has 0 bridgehead atoms. The van der Waals surface area contributed by atoms with Crippen LogP contribution in [0.4, 0.5) is 4.79 Å². The summed E-state index contributed by atoms with van der Waals surface area (Å²) < 4.78 is 5.24. The molecule has 0 aliphatic carbocycles. The molecule has 1 aliphatic heterocycles. The molecule has 0 aromatic carbocycles. The van der Waals surface area contributed by atoms with Crippen molar-refractivity contribution in [3.63, 3.8) is 0 Å². The topological polar surface area (TPSA) is 66.8 Å². The average molecular weight is 255 g/mol. The highest BCUT2D eigenvalue weighted by atomic mass is 16.6. The molecule has 5 nitrogen and oxygen atoms in total. The SMILES string of the molecule is CC1=C(C)[C@@H](CO)N(C(=O)OC(C)(C)C)CC1=O. The van der Waals surface area contributed by atoms with E-state index in [1.165, 1.54) is 4.90 Å². The third-order valence-electron chi connectivity index (χ3n) is 3.00. The second kappa shape index (κ2) is 5.10. The Kier molecular flexibility index (Phi) is 4.16. The van der Waals surface area contributed by atoms with Crippen LogP contribution in [0.5, 0.6) is 0 Å². The molecule has 1 rings (SSSR count). The minimum atomic E-state index is -0.621. The van der Waals surface area contributed by atoms with Crippen molar-refractivity contribution in [2.75, 3.05) is 13.2 Å².